The number of likely N-dealkylation sites (tertiary alicyclic amines) is 1. The molecule has 3 rings (SSSR count). The quantitative estimate of drug-likeness (QED) is 0.880. The highest BCUT2D eigenvalue weighted by Gasteiger charge is 2.36. The first kappa shape index (κ1) is 14.2. The minimum Gasteiger partial charge on any atom is -0.506 e. The van der Waals surface area contributed by atoms with Gasteiger partial charge in [0.15, 0.2) is 0 Å². The van der Waals surface area contributed by atoms with Crippen molar-refractivity contribution in [3.8, 4) is 5.75 Å². The van der Waals surface area contributed by atoms with Gasteiger partial charge in [-0.15, -0.1) is 0 Å². The zero-order valence-electron chi connectivity index (χ0n) is 11.9. The highest BCUT2D eigenvalue weighted by Crippen LogP contribution is 2.36. The van der Waals surface area contributed by atoms with Crippen LogP contribution in [0.15, 0.2) is 18.2 Å². The van der Waals surface area contributed by atoms with Crippen LogP contribution in [0, 0.1) is 5.41 Å². The first-order valence-electron chi connectivity index (χ1n) is 7.57. The number of benzene rings is 1. The Morgan fingerprint density at radius 1 is 1.30 bits per heavy atom. The molecule has 1 atom stereocenters. The second-order valence-electron chi connectivity index (χ2n) is 6.38. The van der Waals surface area contributed by atoms with Crippen LogP contribution in [0.5, 0.6) is 5.75 Å². The molecule has 2 fully saturated rings. The summed E-state index contributed by atoms with van der Waals surface area (Å²) < 4.78 is 0. The number of nitrogens with zero attached hydrogens (tertiary/aromatic N) is 1. The molecule has 20 heavy (non-hydrogen) atoms. The molecule has 0 bridgehead atoms. The van der Waals surface area contributed by atoms with Gasteiger partial charge in [0.2, 0.25) is 0 Å². The maximum atomic E-state index is 9.49. The van der Waals surface area contributed by atoms with Crippen LogP contribution in [0.2, 0.25) is 5.02 Å². The van der Waals surface area contributed by atoms with Gasteiger partial charge in [-0.05, 0) is 61.9 Å². The Labute approximate surface area is 125 Å². The molecule has 2 N–H and O–H groups in total. The zero-order valence-corrected chi connectivity index (χ0v) is 12.6. The highest BCUT2D eigenvalue weighted by atomic mass is 35.5. The van der Waals surface area contributed by atoms with Crippen molar-refractivity contribution in [1.82, 2.24) is 10.2 Å². The summed E-state index contributed by atoms with van der Waals surface area (Å²) in [6.45, 7) is 5.62. The van der Waals surface area contributed by atoms with Crippen molar-refractivity contribution >= 4 is 11.6 Å². The topological polar surface area (TPSA) is 35.5 Å². The van der Waals surface area contributed by atoms with Gasteiger partial charge in [-0.1, -0.05) is 17.7 Å². The molecule has 1 spiro atoms. The molecule has 4 heteroatoms. The molecule has 1 aromatic carbocycles. The number of halogens is 1. The molecular weight excluding hydrogens is 272 g/mol. The number of aromatic hydroxyl groups is 1. The largest absolute Gasteiger partial charge is 0.506 e. The predicted octanol–water partition coefficient (Wildman–Crippen LogP) is 3.01. The van der Waals surface area contributed by atoms with Crippen molar-refractivity contribution in [3.05, 3.63) is 28.8 Å². The average Bonchev–Trinajstić information content (AvgIpc) is 2.44. The van der Waals surface area contributed by atoms with Gasteiger partial charge in [0.05, 0.1) is 5.02 Å². The average molecular weight is 295 g/mol. The van der Waals surface area contributed by atoms with E-state index in [4.69, 9.17) is 11.6 Å². The number of rotatable bonds is 2. The minimum atomic E-state index is 0.169. The molecule has 1 aromatic rings. The lowest BCUT2D eigenvalue weighted by Crippen LogP contribution is -2.50. The fraction of sp³-hybridized carbons (Fsp3) is 0.625. The molecule has 2 saturated heterocycles. The van der Waals surface area contributed by atoms with Crippen LogP contribution in [-0.4, -0.2) is 36.2 Å². The minimum absolute atomic E-state index is 0.169. The van der Waals surface area contributed by atoms with Crippen molar-refractivity contribution in [3.63, 3.8) is 0 Å². The van der Waals surface area contributed by atoms with Crippen LogP contribution in [0.3, 0.4) is 0 Å². The summed E-state index contributed by atoms with van der Waals surface area (Å²) in [6, 6.07) is 5.55. The van der Waals surface area contributed by atoms with Crippen molar-refractivity contribution in [2.75, 3.05) is 26.2 Å². The van der Waals surface area contributed by atoms with Crippen molar-refractivity contribution in [1.29, 1.82) is 0 Å². The van der Waals surface area contributed by atoms with E-state index in [2.05, 4.69) is 10.2 Å². The summed E-state index contributed by atoms with van der Waals surface area (Å²) in [4.78, 5) is 2.54. The Kier molecular flexibility index (Phi) is 4.20. The smallest absolute Gasteiger partial charge is 0.134 e. The highest BCUT2D eigenvalue weighted by molar-refractivity contribution is 6.32. The normalized spacial score (nSPS) is 27.9. The van der Waals surface area contributed by atoms with Crippen molar-refractivity contribution in [2.45, 2.75) is 32.2 Å². The van der Waals surface area contributed by atoms with Gasteiger partial charge in [0.1, 0.15) is 5.75 Å². The summed E-state index contributed by atoms with van der Waals surface area (Å²) in [6.07, 6.45) is 5.30. The van der Waals surface area contributed by atoms with Gasteiger partial charge in [-0.3, -0.25) is 4.90 Å². The van der Waals surface area contributed by atoms with Crippen LogP contribution in [-0.2, 0) is 6.54 Å². The molecular formula is C16H23ClN2O. The third-order valence-electron chi connectivity index (χ3n) is 4.72. The van der Waals surface area contributed by atoms with Crippen LogP contribution in [0.1, 0.15) is 31.2 Å². The number of piperidine rings is 2. The van der Waals surface area contributed by atoms with E-state index in [1.165, 1.54) is 57.4 Å². The van der Waals surface area contributed by atoms with Crippen molar-refractivity contribution in [2.24, 2.45) is 5.41 Å². The Morgan fingerprint density at radius 3 is 2.90 bits per heavy atom. The molecule has 0 saturated carbocycles. The standard InChI is InChI=1S/C16H23ClN2O/c17-14-9-13(3-4-15(14)20)10-19-8-2-6-16(12-19)5-1-7-18-11-16/h3-4,9,18,20H,1-2,5-8,10-12H2. The molecule has 2 aliphatic rings. The summed E-state index contributed by atoms with van der Waals surface area (Å²) >= 11 is 6.00. The molecule has 2 aliphatic heterocycles. The molecule has 2 heterocycles. The second-order valence-corrected chi connectivity index (χ2v) is 6.79. The van der Waals surface area contributed by atoms with Crippen LogP contribution in [0.25, 0.3) is 0 Å². The maximum absolute atomic E-state index is 9.49. The van der Waals surface area contributed by atoms with Crippen LogP contribution in [0.4, 0.5) is 0 Å². The lowest BCUT2D eigenvalue weighted by Gasteiger charge is -2.45. The predicted molar refractivity (Wildman–Crippen MR) is 82.2 cm³/mol. The van der Waals surface area contributed by atoms with Crippen LogP contribution >= 0.6 is 11.6 Å². The van der Waals surface area contributed by atoms with E-state index >= 15 is 0 Å². The van der Waals surface area contributed by atoms with Gasteiger partial charge < -0.3 is 10.4 Å². The SMILES string of the molecule is Oc1ccc(CN2CCCC3(CCCNC3)C2)cc1Cl. The van der Waals surface area contributed by atoms with Gasteiger partial charge in [0, 0.05) is 19.6 Å². The summed E-state index contributed by atoms with van der Waals surface area (Å²) in [7, 11) is 0. The van der Waals surface area contributed by atoms with E-state index in [0.29, 0.717) is 10.4 Å². The van der Waals surface area contributed by atoms with Crippen molar-refractivity contribution < 1.29 is 5.11 Å². The monoisotopic (exact) mass is 294 g/mol. The van der Waals surface area contributed by atoms with Gasteiger partial charge in [0.25, 0.3) is 0 Å². The van der Waals surface area contributed by atoms with E-state index in [0.717, 1.165) is 6.54 Å². The maximum Gasteiger partial charge on any atom is 0.134 e. The Morgan fingerprint density at radius 2 is 2.15 bits per heavy atom. The first-order valence-corrected chi connectivity index (χ1v) is 7.95. The molecule has 0 amide bonds. The van der Waals surface area contributed by atoms with E-state index in [1.54, 1.807) is 6.07 Å². The lowest BCUT2D eigenvalue weighted by atomic mass is 9.74. The second kappa shape index (κ2) is 5.92. The Balaban J connectivity index is 1.66. The molecule has 1 unspecified atom stereocenters. The number of hydrogen-bond donors (Lipinski definition) is 2. The number of nitrogens with one attached hydrogen (secondary N) is 1. The number of phenolic OH excluding ortho intramolecular Hbond substituents is 1. The fourth-order valence-corrected chi connectivity index (χ4v) is 3.93. The number of hydrogen-bond acceptors (Lipinski definition) is 3. The van der Waals surface area contributed by atoms with E-state index in [-0.39, 0.29) is 5.75 Å². The van der Waals surface area contributed by atoms with Gasteiger partial charge in [-0.25, -0.2) is 0 Å². The molecule has 0 aliphatic carbocycles. The third kappa shape index (κ3) is 3.11. The number of phenols is 1. The van der Waals surface area contributed by atoms with E-state index in [1.807, 2.05) is 12.1 Å². The first-order chi connectivity index (χ1) is 9.67. The van der Waals surface area contributed by atoms with E-state index < -0.39 is 0 Å². The Bertz CT molecular complexity index is 466. The van der Waals surface area contributed by atoms with Gasteiger partial charge in [-0.2, -0.15) is 0 Å². The van der Waals surface area contributed by atoms with Crippen LogP contribution < -0.4 is 5.32 Å². The Hall–Kier alpha value is -0.770. The molecule has 3 nitrogen and oxygen atoms in total. The third-order valence-corrected chi connectivity index (χ3v) is 5.02. The summed E-state index contributed by atoms with van der Waals surface area (Å²) in [5.41, 5.74) is 1.67. The zero-order chi connectivity index (χ0) is 14.0. The molecule has 0 radical (unpaired) electrons. The van der Waals surface area contributed by atoms with Gasteiger partial charge >= 0.3 is 0 Å². The fourth-order valence-electron chi connectivity index (χ4n) is 3.73. The molecule has 0 aromatic heterocycles. The summed E-state index contributed by atoms with van der Waals surface area (Å²) in [5.74, 6) is 0.169. The molecule has 110 valence electrons. The summed E-state index contributed by atoms with van der Waals surface area (Å²) in [5, 5.41) is 13.5. The van der Waals surface area contributed by atoms with E-state index in [9.17, 15) is 5.11 Å². The lowest BCUT2D eigenvalue weighted by molar-refractivity contribution is 0.0600.